The molecule has 2 amide bonds. The van der Waals surface area contributed by atoms with Gasteiger partial charge in [0.15, 0.2) is 5.82 Å². The molecule has 0 aliphatic rings. The van der Waals surface area contributed by atoms with Crippen LogP contribution in [0.3, 0.4) is 0 Å². The van der Waals surface area contributed by atoms with Gasteiger partial charge >= 0.3 is 12.2 Å². The summed E-state index contributed by atoms with van der Waals surface area (Å²) in [7, 11) is 3.86. The lowest BCUT2D eigenvalue weighted by Crippen LogP contribution is -2.20. The number of benzene rings is 2. The fraction of sp³-hybridized carbons (Fsp3) is 0.174. The summed E-state index contributed by atoms with van der Waals surface area (Å²) in [4.78, 5) is 18.4. The molecule has 12 heteroatoms. The first-order valence-electron chi connectivity index (χ1n) is 10.3. The lowest BCUT2D eigenvalue weighted by molar-refractivity contribution is -0.137. The fourth-order valence-corrected chi connectivity index (χ4v) is 3.67. The number of urea groups is 1. The van der Waals surface area contributed by atoms with Crippen molar-refractivity contribution in [2.45, 2.75) is 12.7 Å². The number of alkyl halides is 3. The largest absolute Gasteiger partial charge is 0.416 e. The van der Waals surface area contributed by atoms with Crippen molar-refractivity contribution in [1.82, 2.24) is 19.5 Å². The third-order valence-corrected chi connectivity index (χ3v) is 5.14. The van der Waals surface area contributed by atoms with E-state index in [4.69, 9.17) is 5.73 Å². The number of amides is 2. The van der Waals surface area contributed by atoms with Gasteiger partial charge in [-0.15, -0.1) is 0 Å². The number of halogens is 4. The molecule has 182 valence electrons. The highest BCUT2D eigenvalue weighted by Gasteiger charge is 2.31. The van der Waals surface area contributed by atoms with Crippen molar-refractivity contribution in [2.75, 3.05) is 30.5 Å². The number of anilines is 3. The predicted octanol–water partition coefficient (Wildman–Crippen LogP) is 4.84. The van der Waals surface area contributed by atoms with E-state index in [1.54, 1.807) is 28.8 Å². The van der Waals surface area contributed by atoms with Gasteiger partial charge in [0.2, 0.25) is 0 Å². The van der Waals surface area contributed by atoms with Gasteiger partial charge < -0.3 is 21.3 Å². The second kappa shape index (κ2) is 9.22. The highest BCUT2D eigenvalue weighted by molar-refractivity contribution is 6.00. The number of hydrogen-bond acceptors (Lipinski definition) is 5. The lowest BCUT2D eigenvalue weighted by Gasteiger charge is -2.13. The predicted molar refractivity (Wildman–Crippen MR) is 124 cm³/mol. The number of nitrogen functional groups attached to an aromatic ring is 1. The van der Waals surface area contributed by atoms with Crippen LogP contribution in [0.25, 0.3) is 16.6 Å². The average Bonchev–Trinajstić information content (AvgIpc) is 3.13. The van der Waals surface area contributed by atoms with Crippen LogP contribution in [0.15, 0.2) is 55.0 Å². The zero-order valence-electron chi connectivity index (χ0n) is 18.7. The number of hydrogen-bond donors (Lipinski definition) is 3. The van der Waals surface area contributed by atoms with E-state index >= 15 is 0 Å². The second-order valence-electron chi connectivity index (χ2n) is 8.05. The molecule has 0 bridgehead atoms. The first-order valence-corrected chi connectivity index (χ1v) is 10.3. The number of nitrogens with one attached hydrogen (secondary N) is 2. The van der Waals surface area contributed by atoms with Crippen LogP contribution in [-0.4, -0.2) is 39.6 Å². The van der Waals surface area contributed by atoms with Gasteiger partial charge in [-0.2, -0.15) is 18.3 Å². The molecule has 4 N–H and O–H groups in total. The van der Waals surface area contributed by atoms with Crippen LogP contribution < -0.4 is 16.4 Å². The number of carbonyl (C=O) groups excluding carboxylic acids is 1. The van der Waals surface area contributed by atoms with Gasteiger partial charge in [-0.1, -0.05) is 12.1 Å². The summed E-state index contributed by atoms with van der Waals surface area (Å²) in [5, 5.41) is 8.81. The quantitative estimate of drug-likeness (QED) is 0.350. The lowest BCUT2D eigenvalue weighted by atomic mass is 10.0. The minimum Gasteiger partial charge on any atom is -0.382 e. The molecular weight excluding hydrogens is 466 g/mol. The van der Waals surface area contributed by atoms with Crippen LogP contribution in [0.1, 0.15) is 11.1 Å². The first-order chi connectivity index (χ1) is 16.5. The molecule has 4 aromatic rings. The van der Waals surface area contributed by atoms with Crippen molar-refractivity contribution in [3.05, 3.63) is 71.9 Å². The summed E-state index contributed by atoms with van der Waals surface area (Å²) >= 11 is 0. The second-order valence-corrected chi connectivity index (χ2v) is 8.05. The molecule has 4 rings (SSSR count). The monoisotopic (exact) mass is 487 g/mol. The van der Waals surface area contributed by atoms with Crippen LogP contribution in [0.5, 0.6) is 0 Å². The average molecular weight is 487 g/mol. The molecule has 0 fully saturated rings. The molecule has 0 saturated heterocycles. The molecule has 0 unspecified atom stereocenters. The molecule has 35 heavy (non-hydrogen) atoms. The summed E-state index contributed by atoms with van der Waals surface area (Å²) in [6.45, 7) is 0.614. The van der Waals surface area contributed by atoms with E-state index in [0.29, 0.717) is 41.8 Å². The summed E-state index contributed by atoms with van der Waals surface area (Å²) in [6.07, 6.45) is -1.43. The van der Waals surface area contributed by atoms with Crippen LogP contribution in [0, 0.1) is 5.82 Å². The fourth-order valence-electron chi connectivity index (χ4n) is 3.67. The van der Waals surface area contributed by atoms with E-state index in [1.807, 2.05) is 25.2 Å². The van der Waals surface area contributed by atoms with E-state index in [9.17, 15) is 22.4 Å². The van der Waals surface area contributed by atoms with Crippen molar-refractivity contribution in [1.29, 1.82) is 0 Å². The van der Waals surface area contributed by atoms with Crippen LogP contribution in [-0.2, 0) is 12.7 Å². The third-order valence-electron chi connectivity index (χ3n) is 5.14. The minimum absolute atomic E-state index is 0.310. The third kappa shape index (κ3) is 5.17. The Morgan fingerprint density at radius 2 is 1.83 bits per heavy atom. The maximum absolute atomic E-state index is 13.9. The molecule has 2 aromatic carbocycles. The van der Waals surface area contributed by atoms with Crippen molar-refractivity contribution >= 4 is 28.7 Å². The van der Waals surface area contributed by atoms with Gasteiger partial charge in [0.1, 0.15) is 17.7 Å². The Kier molecular flexibility index (Phi) is 6.31. The van der Waals surface area contributed by atoms with E-state index in [0.717, 1.165) is 16.7 Å². The molecule has 0 atom stereocenters. The van der Waals surface area contributed by atoms with Crippen LogP contribution in [0.4, 0.5) is 39.5 Å². The number of fused-ring (bicyclic) bond motifs is 1. The Labute approximate surface area is 197 Å². The smallest absolute Gasteiger partial charge is 0.382 e. The van der Waals surface area contributed by atoms with Gasteiger partial charge in [0.25, 0.3) is 0 Å². The number of nitrogens with zero attached hydrogens (tertiary/aromatic N) is 4. The summed E-state index contributed by atoms with van der Waals surface area (Å²) in [6, 6.07) is 7.62. The Hall–Kier alpha value is -4.19. The van der Waals surface area contributed by atoms with Crippen molar-refractivity contribution < 1.29 is 22.4 Å². The molecule has 2 aromatic heterocycles. The zero-order chi connectivity index (χ0) is 25.3. The molecule has 8 nitrogen and oxygen atoms in total. The summed E-state index contributed by atoms with van der Waals surface area (Å²) < 4.78 is 54.2. The van der Waals surface area contributed by atoms with Crippen molar-refractivity contribution in [3.63, 3.8) is 0 Å². The SMILES string of the molecule is CN(C)Cc1cn2ncnc(N)c2c1-c1ccc(NC(=O)Nc2cc(C(F)(F)F)ccc2F)cc1. The van der Waals surface area contributed by atoms with Gasteiger partial charge in [0, 0.05) is 24.0 Å². The molecule has 0 radical (unpaired) electrons. The van der Waals surface area contributed by atoms with Crippen molar-refractivity contribution in [3.8, 4) is 11.1 Å². The van der Waals surface area contributed by atoms with Gasteiger partial charge in [-0.05, 0) is 55.6 Å². The standard InChI is InChI=1S/C23H21F4N7O/c1-33(2)10-14-11-34-20(21(28)29-12-30-34)19(14)13-3-6-16(7-4-13)31-22(35)32-18-9-15(23(25,26)27)5-8-17(18)24/h3-9,11-12H,10H2,1-2H3,(H2,28,29,30)(H2,31,32,35). The highest BCUT2D eigenvalue weighted by atomic mass is 19.4. The minimum atomic E-state index is -4.67. The highest BCUT2D eigenvalue weighted by Crippen LogP contribution is 2.34. The first kappa shape index (κ1) is 24.0. The van der Waals surface area contributed by atoms with Gasteiger partial charge in [-0.3, -0.25) is 0 Å². The molecule has 0 aliphatic heterocycles. The molecular formula is C23H21F4N7O. The van der Waals surface area contributed by atoms with E-state index in [2.05, 4.69) is 20.7 Å². The van der Waals surface area contributed by atoms with Gasteiger partial charge in [0.05, 0.1) is 11.3 Å². The maximum atomic E-state index is 13.9. The van der Waals surface area contributed by atoms with E-state index < -0.39 is 29.3 Å². The van der Waals surface area contributed by atoms with Gasteiger partial charge in [-0.25, -0.2) is 18.7 Å². The van der Waals surface area contributed by atoms with Crippen LogP contribution >= 0.6 is 0 Å². The summed E-state index contributed by atoms with van der Waals surface area (Å²) in [5.41, 5.74) is 8.02. The Bertz CT molecular complexity index is 1380. The maximum Gasteiger partial charge on any atom is 0.416 e. The molecule has 0 aliphatic carbocycles. The number of carbonyl (C=O) groups is 1. The zero-order valence-corrected chi connectivity index (χ0v) is 18.7. The number of rotatable bonds is 5. The molecule has 0 spiro atoms. The Morgan fingerprint density at radius 1 is 1.11 bits per heavy atom. The number of nitrogens with two attached hydrogens (primary N) is 1. The number of aromatic nitrogens is 3. The van der Waals surface area contributed by atoms with Crippen LogP contribution in [0.2, 0.25) is 0 Å². The molecule has 0 saturated carbocycles. The van der Waals surface area contributed by atoms with E-state index in [1.165, 1.54) is 6.33 Å². The molecule has 2 heterocycles. The topological polar surface area (TPSA) is 101 Å². The normalized spacial score (nSPS) is 11.7. The Morgan fingerprint density at radius 3 is 2.49 bits per heavy atom. The Balaban J connectivity index is 1.57. The van der Waals surface area contributed by atoms with E-state index in [-0.39, 0.29) is 0 Å². The summed E-state index contributed by atoms with van der Waals surface area (Å²) in [5.74, 6) is -0.679. The van der Waals surface area contributed by atoms with Crippen molar-refractivity contribution in [2.24, 2.45) is 0 Å².